The lowest BCUT2D eigenvalue weighted by molar-refractivity contribution is -0.111. The highest BCUT2D eigenvalue weighted by atomic mass is 32.2. The van der Waals surface area contributed by atoms with E-state index in [1.807, 2.05) is 74.6 Å². The number of nitrogens with two attached hydrogens (primary N) is 1. The van der Waals surface area contributed by atoms with Crippen LogP contribution in [-0.4, -0.2) is 5.78 Å². The van der Waals surface area contributed by atoms with Gasteiger partial charge in [0.15, 0.2) is 5.78 Å². The molecule has 2 N–H and O–H groups in total. The molecule has 0 saturated heterocycles. The molecule has 110 valence electrons. The Labute approximate surface area is 131 Å². The highest BCUT2D eigenvalue weighted by molar-refractivity contribution is 8.00. The van der Waals surface area contributed by atoms with E-state index in [1.165, 1.54) is 11.9 Å². The molecule has 21 heavy (non-hydrogen) atoms. The first-order valence-electron chi connectivity index (χ1n) is 7.01. The summed E-state index contributed by atoms with van der Waals surface area (Å²) in [4.78, 5) is 13.1. The number of allylic oxidation sites excluding steroid dienone is 7. The summed E-state index contributed by atoms with van der Waals surface area (Å²) < 4.78 is 0. The minimum absolute atomic E-state index is 0.000348. The largest absolute Gasteiger partial charge is 0.289 e. The predicted molar refractivity (Wildman–Crippen MR) is 93.5 cm³/mol. The SMILES string of the molecule is CC.NSC1=CC=C(C(=O)/C=C/c2ccccc2)C=CC1. The highest BCUT2D eigenvalue weighted by Crippen LogP contribution is 2.18. The van der Waals surface area contributed by atoms with Crippen LogP contribution in [0.1, 0.15) is 25.8 Å². The van der Waals surface area contributed by atoms with Crippen molar-refractivity contribution in [2.75, 3.05) is 0 Å². The number of rotatable bonds is 4. The molecular formula is C18H21NOS. The Hall–Kier alpha value is -1.84. The Bertz CT molecular complexity index is 568. The molecule has 0 bridgehead atoms. The van der Waals surface area contributed by atoms with E-state index in [2.05, 4.69) is 0 Å². The quantitative estimate of drug-likeness (QED) is 0.649. The molecule has 2 rings (SSSR count). The van der Waals surface area contributed by atoms with Crippen LogP contribution >= 0.6 is 11.9 Å². The first kappa shape index (κ1) is 17.2. The topological polar surface area (TPSA) is 43.1 Å². The number of hydrogen-bond donors (Lipinski definition) is 1. The first-order valence-corrected chi connectivity index (χ1v) is 7.89. The Kier molecular flexibility index (Phi) is 8.17. The van der Waals surface area contributed by atoms with Gasteiger partial charge in [0.25, 0.3) is 0 Å². The lowest BCUT2D eigenvalue weighted by Gasteiger charge is -1.94. The second-order valence-electron chi connectivity index (χ2n) is 4.09. The van der Waals surface area contributed by atoms with Crippen LogP contribution in [0.5, 0.6) is 0 Å². The fourth-order valence-electron chi connectivity index (χ4n) is 1.69. The van der Waals surface area contributed by atoms with Crippen LogP contribution in [0.25, 0.3) is 6.08 Å². The third-order valence-electron chi connectivity index (χ3n) is 2.73. The molecule has 0 unspecified atom stereocenters. The number of hydrogen-bond acceptors (Lipinski definition) is 3. The summed E-state index contributed by atoms with van der Waals surface area (Å²) in [6, 6.07) is 9.77. The fourth-order valence-corrected chi connectivity index (χ4v) is 2.03. The van der Waals surface area contributed by atoms with E-state index in [-0.39, 0.29) is 5.78 Å². The zero-order valence-electron chi connectivity index (χ0n) is 12.5. The van der Waals surface area contributed by atoms with E-state index in [4.69, 9.17) is 5.14 Å². The number of benzene rings is 1. The van der Waals surface area contributed by atoms with Crippen LogP contribution in [0, 0.1) is 0 Å². The number of ketones is 1. The van der Waals surface area contributed by atoms with Crippen molar-refractivity contribution in [2.45, 2.75) is 20.3 Å². The molecule has 1 aliphatic carbocycles. The average Bonchev–Trinajstić information content (AvgIpc) is 2.81. The minimum Gasteiger partial charge on any atom is -0.289 e. The molecule has 0 aliphatic heterocycles. The average molecular weight is 299 g/mol. The van der Waals surface area contributed by atoms with Crippen LogP contribution < -0.4 is 5.14 Å². The smallest absolute Gasteiger partial charge is 0.185 e. The van der Waals surface area contributed by atoms with Crippen molar-refractivity contribution in [3.05, 3.63) is 76.8 Å². The molecule has 0 atom stereocenters. The third kappa shape index (κ3) is 5.98. The van der Waals surface area contributed by atoms with Gasteiger partial charge in [-0.05, 0) is 18.1 Å². The lowest BCUT2D eigenvalue weighted by atomic mass is 10.1. The summed E-state index contributed by atoms with van der Waals surface area (Å²) in [7, 11) is 0. The van der Waals surface area contributed by atoms with Gasteiger partial charge in [-0.3, -0.25) is 9.93 Å². The van der Waals surface area contributed by atoms with E-state index in [9.17, 15) is 4.79 Å². The third-order valence-corrected chi connectivity index (χ3v) is 3.33. The molecule has 0 fully saturated rings. The maximum Gasteiger partial charge on any atom is 0.185 e. The Morgan fingerprint density at radius 3 is 2.57 bits per heavy atom. The van der Waals surface area contributed by atoms with Gasteiger partial charge in [-0.25, -0.2) is 0 Å². The molecule has 1 aliphatic rings. The van der Waals surface area contributed by atoms with Crippen LogP contribution in [0.3, 0.4) is 0 Å². The molecule has 0 spiro atoms. The van der Waals surface area contributed by atoms with Crippen molar-refractivity contribution in [2.24, 2.45) is 5.14 Å². The molecular weight excluding hydrogens is 278 g/mol. The maximum atomic E-state index is 12.0. The number of carbonyl (C=O) groups excluding carboxylic acids is 1. The normalized spacial score (nSPS) is 13.9. The molecule has 1 aromatic carbocycles. The van der Waals surface area contributed by atoms with E-state index in [0.29, 0.717) is 5.57 Å². The standard InChI is InChI=1S/C16H15NOS.C2H6/c17-19-15-8-4-7-14(10-11-15)16(18)12-9-13-5-2-1-3-6-13;1-2/h1-7,9-12H,8,17H2;1-2H3/b12-9+;. The van der Waals surface area contributed by atoms with Gasteiger partial charge >= 0.3 is 0 Å². The second kappa shape index (κ2) is 9.97. The monoisotopic (exact) mass is 299 g/mol. The second-order valence-corrected chi connectivity index (χ2v) is 4.85. The van der Waals surface area contributed by atoms with Gasteiger partial charge in [-0.1, -0.05) is 86.5 Å². The van der Waals surface area contributed by atoms with Gasteiger partial charge < -0.3 is 0 Å². The van der Waals surface area contributed by atoms with Crippen LogP contribution in [0.15, 0.2) is 71.2 Å². The molecule has 0 radical (unpaired) electrons. The van der Waals surface area contributed by atoms with Gasteiger partial charge in [0.05, 0.1) is 0 Å². The van der Waals surface area contributed by atoms with Crippen LogP contribution in [-0.2, 0) is 4.79 Å². The molecule has 2 nitrogen and oxygen atoms in total. The van der Waals surface area contributed by atoms with Crippen LogP contribution in [0.4, 0.5) is 0 Å². The van der Waals surface area contributed by atoms with E-state index in [0.717, 1.165) is 16.9 Å². The Balaban J connectivity index is 0.00000106. The van der Waals surface area contributed by atoms with Crippen molar-refractivity contribution in [3.8, 4) is 0 Å². The van der Waals surface area contributed by atoms with Crippen LogP contribution in [0.2, 0.25) is 0 Å². The summed E-state index contributed by atoms with van der Waals surface area (Å²) in [5, 5.41) is 5.52. The number of carbonyl (C=O) groups is 1. The minimum atomic E-state index is -0.000348. The zero-order valence-corrected chi connectivity index (χ0v) is 13.3. The van der Waals surface area contributed by atoms with E-state index in [1.54, 1.807) is 6.08 Å². The summed E-state index contributed by atoms with van der Waals surface area (Å²) in [6.07, 6.45) is 11.7. The van der Waals surface area contributed by atoms with Gasteiger partial charge in [0.2, 0.25) is 0 Å². The summed E-state index contributed by atoms with van der Waals surface area (Å²) in [5.74, 6) is -0.000348. The molecule has 0 heterocycles. The summed E-state index contributed by atoms with van der Waals surface area (Å²) in [5.41, 5.74) is 1.69. The Morgan fingerprint density at radius 1 is 1.19 bits per heavy atom. The van der Waals surface area contributed by atoms with Crippen molar-refractivity contribution in [3.63, 3.8) is 0 Å². The molecule has 1 aromatic rings. The fraction of sp³-hybridized carbons (Fsp3) is 0.167. The van der Waals surface area contributed by atoms with Crippen molar-refractivity contribution < 1.29 is 4.79 Å². The van der Waals surface area contributed by atoms with Gasteiger partial charge in [-0.2, -0.15) is 0 Å². The van der Waals surface area contributed by atoms with Crippen molar-refractivity contribution in [1.29, 1.82) is 0 Å². The summed E-state index contributed by atoms with van der Waals surface area (Å²) >= 11 is 1.22. The van der Waals surface area contributed by atoms with Crippen molar-refractivity contribution in [1.82, 2.24) is 0 Å². The van der Waals surface area contributed by atoms with Crippen molar-refractivity contribution >= 4 is 23.8 Å². The predicted octanol–water partition coefficient (Wildman–Crippen LogP) is 4.67. The van der Waals surface area contributed by atoms with Gasteiger partial charge in [0, 0.05) is 10.5 Å². The van der Waals surface area contributed by atoms with E-state index < -0.39 is 0 Å². The van der Waals surface area contributed by atoms with Gasteiger partial charge in [0.1, 0.15) is 0 Å². The maximum absolute atomic E-state index is 12.0. The molecule has 0 aromatic heterocycles. The summed E-state index contributed by atoms with van der Waals surface area (Å²) in [6.45, 7) is 4.00. The molecule has 3 heteroatoms. The van der Waals surface area contributed by atoms with E-state index >= 15 is 0 Å². The van der Waals surface area contributed by atoms with Gasteiger partial charge in [-0.15, -0.1) is 0 Å². The Morgan fingerprint density at radius 2 is 1.90 bits per heavy atom. The highest BCUT2D eigenvalue weighted by Gasteiger charge is 2.04. The molecule has 0 amide bonds. The first-order chi connectivity index (χ1) is 10.3. The molecule has 0 saturated carbocycles. The lowest BCUT2D eigenvalue weighted by Crippen LogP contribution is -1.94. The zero-order chi connectivity index (χ0) is 15.5.